The van der Waals surface area contributed by atoms with E-state index in [4.69, 9.17) is 0 Å². The fraction of sp³-hybridized carbons (Fsp3) is 0.867. The van der Waals surface area contributed by atoms with Crippen LogP contribution in [-0.2, 0) is 9.59 Å². The summed E-state index contributed by atoms with van der Waals surface area (Å²) < 4.78 is 0. The summed E-state index contributed by atoms with van der Waals surface area (Å²) >= 11 is 0. The molecule has 3 heteroatoms. The van der Waals surface area contributed by atoms with Crippen LogP contribution in [0.25, 0.3) is 0 Å². The molecule has 1 fully saturated rings. The standard InChI is InChI=1S/C30H55NO2/c1-4-6-8-10-11-12-13-14-15-16-17-18-19-20-22-24-28(27(3)23-21-9-7-5-2)31-29(32)25-26-30(31)33/h23,28H,4-22,24-26H2,1-3H3. The van der Waals surface area contributed by atoms with Crippen molar-refractivity contribution in [2.24, 2.45) is 0 Å². The van der Waals surface area contributed by atoms with Crippen molar-refractivity contribution in [1.82, 2.24) is 4.90 Å². The summed E-state index contributed by atoms with van der Waals surface area (Å²) in [6, 6.07) is -0.00361. The highest BCUT2D eigenvalue weighted by molar-refractivity contribution is 6.02. The van der Waals surface area contributed by atoms with Crippen LogP contribution < -0.4 is 0 Å². The minimum absolute atomic E-state index is 0.00361. The molecular formula is C30H55NO2. The molecule has 0 saturated carbocycles. The Morgan fingerprint density at radius 2 is 1.06 bits per heavy atom. The van der Waals surface area contributed by atoms with Crippen molar-refractivity contribution in [2.75, 3.05) is 0 Å². The fourth-order valence-corrected chi connectivity index (χ4v) is 5.07. The van der Waals surface area contributed by atoms with Crippen molar-refractivity contribution in [3.63, 3.8) is 0 Å². The summed E-state index contributed by atoms with van der Waals surface area (Å²) in [5.74, 6) is 0.0690. The highest BCUT2D eigenvalue weighted by Gasteiger charge is 2.35. The first kappa shape index (κ1) is 29.9. The van der Waals surface area contributed by atoms with Crippen LogP contribution in [-0.4, -0.2) is 22.8 Å². The number of unbranched alkanes of at least 4 members (excludes halogenated alkanes) is 17. The first-order valence-corrected chi connectivity index (χ1v) is 14.6. The lowest BCUT2D eigenvalue weighted by Crippen LogP contribution is -2.40. The topological polar surface area (TPSA) is 37.4 Å². The number of imide groups is 1. The molecule has 1 aliphatic heterocycles. The van der Waals surface area contributed by atoms with Crippen molar-refractivity contribution in [1.29, 1.82) is 0 Å². The van der Waals surface area contributed by atoms with Gasteiger partial charge in [-0.1, -0.05) is 135 Å². The number of carbonyl (C=O) groups is 2. The van der Waals surface area contributed by atoms with Gasteiger partial charge in [-0.3, -0.25) is 14.5 Å². The molecule has 1 saturated heterocycles. The maximum Gasteiger partial charge on any atom is 0.230 e. The molecule has 1 atom stereocenters. The third kappa shape index (κ3) is 14.0. The molecule has 0 aromatic heterocycles. The highest BCUT2D eigenvalue weighted by atomic mass is 16.2. The lowest BCUT2D eigenvalue weighted by molar-refractivity contribution is -0.140. The molecule has 33 heavy (non-hydrogen) atoms. The summed E-state index contributed by atoms with van der Waals surface area (Å²) in [6.07, 6.45) is 29.1. The molecule has 1 rings (SSSR count). The van der Waals surface area contributed by atoms with Gasteiger partial charge in [-0.15, -0.1) is 0 Å². The third-order valence-electron chi connectivity index (χ3n) is 7.28. The van der Waals surface area contributed by atoms with Crippen molar-refractivity contribution in [3.8, 4) is 0 Å². The van der Waals surface area contributed by atoms with Gasteiger partial charge < -0.3 is 0 Å². The van der Waals surface area contributed by atoms with Crippen molar-refractivity contribution in [2.45, 2.75) is 168 Å². The quantitative estimate of drug-likeness (QED) is 0.0914. The minimum atomic E-state index is -0.00361. The van der Waals surface area contributed by atoms with Gasteiger partial charge in [-0.05, 0) is 26.2 Å². The van der Waals surface area contributed by atoms with E-state index in [0.717, 1.165) is 19.3 Å². The molecule has 3 nitrogen and oxygen atoms in total. The minimum Gasteiger partial charge on any atom is -0.275 e. The van der Waals surface area contributed by atoms with E-state index < -0.39 is 0 Å². The Kier molecular flexibility index (Phi) is 18.4. The summed E-state index contributed by atoms with van der Waals surface area (Å²) in [7, 11) is 0. The number of allylic oxidation sites excluding steroid dienone is 1. The van der Waals surface area contributed by atoms with E-state index >= 15 is 0 Å². The third-order valence-corrected chi connectivity index (χ3v) is 7.28. The van der Waals surface area contributed by atoms with E-state index in [9.17, 15) is 9.59 Å². The molecule has 2 amide bonds. The van der Waals surface area contributed by atoms with Gasteiger partial charge in [0.1, 0.15) is 0 Å². The van der Waals surface area contributed by atoms with Crippen LogP contribution in [0.2, 0.25) is 0 Å². The Morgan fingerprint density at radius 3 is 1.52 bits per heavy atom. The smallest absolute Gasteiger partial charge is 0.230 e. The molecule has 0 N–H and O–H groups in total. The molecule has 0 aliphatic carbocycles. The van der Waals surface area contributed by atoms with E-state index in [1.54, 1.807) is 4.90 Å². The molecular weight excluding hydrogens is 406 g/mol. The number of rotatable bonds is 22. The van der Waals surface area contributed by atoms with E-state index in [1.165, 1.54) is 115 Å². The number of carbonyl (C=O) groups excluding carboxylic acids is 2. The average molecular weight is 462 g/mol. The lowest BCUT2D eigenvalue weighted by Gasteiger charge is -2.27. The van der Waals surface area contributed by atoms with E-state index in [2.05, 4.69) is 26.8 Å². The SMILES string of the molecule is CCCCCC=C(C)C(CCCCCCCCCCCCCCCCC)N1C(=O)CCC1=O. The summed E-state index contributed by atoms with van der Waals surface area (Å²) in [4.78, 5) is 26.3. The Bertz CT molecular complexity index is 523. The normalized spacial score (nSPS) is 15.6. The van der Waals surface area contributed by atoms with Gasteiger partial charge in [-0.25, -0.2) is 0 Å². The van der Waals surface area contributed by atoms with Crippen molar-refractivity contribution >= 4 is 11.8 Å². The van der Waals surface area contributed by atoms with Gasteiger partial charge in [0.25, 0.3) is 0 Å². The zero-order chi connectivity index (χ0) is 24.2. The monoisotopic (exact) mass is 461 g/mol. The molecule has 1 aliphatic rings. The predicted octanol–water partition coefficient (Wildman–Crippen LogP) is 9.29. The van der Waals surface area contributed by atoms with Crippen LogP contribution in [0.5, 0.6) is 0 Å². The van der Waals surface area contributed by atoms with Crippen LogP contribution >= 0.6 is 0 Å². The zero-order valence-corrected chi connectivity index (χ0v) is 22.5. The van der Waals surface area contributed by atoms with Gasteiger partial charge in [0.2, 0.25) is 11.8 Å². The van der Waals surface area contributed by atoms with Crippen LogP contribution in [0.3, 0.4) is 0 Å². The molecule has 0 spiro atoms. The molecule has 1 heterocycles. The molecule has 1 unspecified atom stereocenters. The number of nitrogens with zero attached hydrogens (tertiary/aromatic N) is 1. The second-order valence-electron chi connectivity index (χ2n) is 10.4. The van der Waals surface area contributed by atoms with Gasteiger partial charge >= 0.3 is 0 Å². The van der Waals surface area contributed by atoms with Gasteiger partial charge in [-0.2, -0.15) is 0 Å². The van der Waals surface area contributed by atoms with Gasteiger partial charge in [0.15, 0.2) is 0 Å². The summed E-state index contributed by atoms with van der Waals surface area (Å²) in [5.41, 5.74) is 1.22. The molecule has 0 radical (unpaired) electrons. The molecule has 0 aromatic rings. The van der Waals surface area contributed by atoms with Crippen LogP contribution in [0.4, 0.5) is 0 Å². The second kappa shape index (κ2) is 20.3. The Labute approximate surface area is 206 Å². The van der Waals surface area contributed by atoms with Crippen LogP contribution in [0.1, 0.15) is 162 Å². The second-order valence-corrected chi connectivity index (χ2v) is 10.4. The predicted molar refractivity (Wildman–Crippen MR) is 142 cm³/mol. The average Bonchev–Trinajstić information content (AvgIpc) is 3.14. The first-order chi connectivity index (χ1) is 16.1. The molecule has 0 bridgehead atoms. The summed E-state index contributed by atoms with van der Waals surface area (Å²) in [6.45, 7) is 6.63. The van der Waals surface area contributed by atoms with Gasteiger partial charge in [0, 0.05) is 12.8 Å². The van der Waals surface area contributed by atoms with Crippen LogP contribution in [0.15, 0.2) is 11.6 Å². The Morgan fingerprint density at radius 1 is 0.667 bits per heavy atom. The number of hydrogen-bond donors (Lipinski definition) is 0. The highest BCUT2D eigenvalue weighted by Crippen LogP contribution is 2.25. The maximum atomic E-state index is 12.3. The van der Waals surface area contributed by atoms with E-state index in [1.807, 2.05) is 0 Å². The molecule has 192 valence electrons. The number of hydrogen-bond acceptors (Lipinski definition) is 2. The Balaban J connectivity index is 2.16. The van der Waals surface area contributed by atoms with E-state index in [-0.39, 0.29) is 17.9 Å². The lowest BCUT2D eigenvalue weighted by atomic mass is 9.97. The largest absolute Gasteiger partial charge is 0.275 e. The van der Waals surface area contributed by atoms with Gasteiger partial charge in [0.05, 0.1) is 6.04 Å². The van der Waals surface area contributed by atoms with Crippen LogP contribution in [0, 0.1) is 0 Å². The number of amides is 2. The molecule has 0 aromatic carbocycles. The summed E-state index contributed by atoms with van der Waals surface area (Å²) in [5, 5.41) is 0. The van der Waals surface area contributed by atoms with Crippen molar-refractivity contribution < 1.29 is 9.59 Å². The fourth-order valence-electron chi connectivity index (χ4n) is 5.07. The first-order valence-electron chi connectivity index (χ1n) is 14.6. The van der Waals surface area contributed by atoms with Crippen molar-refractivity contribution in [3.05, 3.63) is 11.6 Å². The van der Waals surface area contributed by atoms with E-state index in [0.29, 0.717) is 12.8 Å². The zero-order valence-electron chi connectivity index (χ0n) is 22.5. The Hall–Kier alpha value is -1.12. The maximum absolute atomic E-state index is 12.3. The number of likely N-dealkylation sites (tertiary alicyclic amines) is 1.